The van der Waals surface area contributed by atoms with Crippen molar-refractivity contribution in [3.8, 4) is 0 Å². The predicted molar refractivity (Wildman–Crippen MR) is 69.2 cm³/mol. The Morgan fingerprint density at radius 2 is 1.88 bits per heavy atom. The maximum Gasteiger partial charge on any atom is 0.327 e. The minimum Gasteiger partial charge on any atom is -0.478 e. The monoisotopic (exact) mass is 226 g/mol. The van der Waals surface area contributed by atoms with Crippen molar-refractivity contribution in [1.29, 1.82) is 0 Å². The number of aliphatic carboxylic acids is 1. The molecule has 0 fully saturated rings. The summed E-state index contributed by atoms with van der Waals surface area (Å²) < 4.78 is 0. The molecule has 2 rings (SSSR count). The topological polar surface area (TPSA) is 37.3 Å². The van der Waals surface area contributed by atoms with Crippen LogP contribution in [0, 0.1) is 6.92 Å². The smallest absolute Gasteiger partial charge is 0.327 e. The minimum absolute atomic E-state index is 0.649. The number of carboxylic acids is 1. The van der Waals surface area contributed by atoms with Crippen LogP contribution < -0.4 is 0 Å². The molecule has 0 unspecified atom stereocenters. The van der Waals surface area contributed by atoms with Crippen molar-refractivity contribution >= 4 is 16.7 Å². The van der Waals surface area contributed by atoms with Gasteiger partial charge < -0.3 is 5.11 Å². The Labute approximate surface area is 100 Å². The summed E-state index contributed by atoms with van der Waals surface area (Å²) in [6.45, 7) is 2.07. The largest absolute Gasteiger partial charge is 0.478 e. The van der Waals surface area contributed by atoms with Crippen molar-refractivity contribution in [2.45, 2.75) is 13.3 Å². The van der Waals surface area contributed by atoms with E-state index in [4.69, 9.17) is 5.11 Å². The Balaban J connectivity index is 2.26. The van der Waals surface area contributed by atoms with E-state index in [2.05, 4.69) is 37.3 Å². The molecule has 0 heterocycles. The fraction of sp³-hybridized carbons (Fsp3) is 0.133. The maximum atomic E-state index is 10.4. The number of carboxylic acid groups (broad SMARTS) is 1. The lowest BCUT2D eigenvalue weighted by Crippen LogP contribution is -1.88. The zero-order valence-corrected chi connectivity index (χ0v) is 9.68. The first-order valence-electron chi connectivity index (χ1n) is 5.54. The fourth-order valence-corrected chi connectivity index (χ4v) is 1.84. The molecule has 2 aromatic carbocycles. The number of benzene rings is 2. The van der Waals surface area contributed by atoms with Crippen LogP contribution in [0.4, 0.5) is 0 Å². The second-order valence-corrected chi connectivity index (χ2v) is 4.13. The van der Waals surface area contributed by atoms with E-state index in [-0.39, 0.29) is 0 Å². The molecule has 0 aromatic heterocycles. The lowest BCUT2D eigenvalue weighted by atomic mass is 10.0. The van der Waals surface area contributed by atoms with Gasteiger partial charge in [-0.05, 0) is 29.7 Å². The molecule has 0 radical (unpaired) electrons. The first kappa shape index (κ1) is 11.4. The summed E-state index contributed by atoms with van der Waals surface area (Å²) in [6.07, 6.45) is 3.49. The van der Waals surface area contributed by atoms with Gasteiger partial charge in [0.2, 0.25) is 0 Å². The van der Waals surface area contributed by atoms with Gasteiger partial charge >= 0.3 is 5.97 Å². The molecule has 2 aromatic rings. The number of fused-ring (bicyclic) bond motifs is 1. The van der Waals surface area contributed by atoms with E-state index in [0.29, 0.717) is 6.42 Å². The standard InChI is InChI=1S/C15H14O2/c1-11-5-7-14-10-12(3-2-4-15(16)17)6-8-13(14)9-11/h2,4-10H,3H2,1H3,(H,16,17)/b4-2+. The molecule has 2 nitrogen and oxygen atoms in total. The average Bonchev–Trinajstić information content (AvgIpc) is 2.29. The Bertz CT molecular complexity index is 582. The number of aryl methyl sites for hydroxylation is 1. The third-order valence-electron chi connectivity index (χ3n) is 2.67. The summed E-state index contributed by atoms with van der Waals surface area (Å²) in [5, 5.41) is 10.9. The van der Waals surface area contributed by atoms with E-state index >= 15 is 0 Å². The normalized spacial score (nSPS) is 11.1. The summed E-state index contributed by atoms with van der Waals surface area (Å²) in [7, 11) is 0. The van der Waals surface area contributed by atoms with Crippen LogP contribution in [0.3, 0.4) is 0 Å². The van der Waals surface area contributed by atoms with Crippen molar-refractivity contribution in [3.63, 3.8) is 0 Å². The average molecular weight is 226 g/mol. The first-order valence-corrected chi connectivity index (χ1v) is 5.54. The molecule has 0 aliphatic rings. The van der Waals surface area contributed by atoms with Gasteiger partial charge in [-0.15, -0.1) is 0 Å². The lowest BCUT2D eigenvalue weighted by molar-refractivity contribution is -0.131. The molecular formula is C15H14O2. The molecule has 0 saturated heterocycles. The Hall–Kier alpha value is -2.09. The van der Waals surface area contributed by atoms with Gasteiger partial charge in [0.05, 0.1) is 0 Å². The number of rotatable bonds is 3. The second kappa shape index (κ2) is 4.83. The number of hydrogen-bond donors (Lipinski definition) is 1. The second-order valence-electron chi connectivity index (χ2n) is 4.13. The highest BCUT2D eigenvalue weighted by Crippen LogP contribution is 2.18. The molecule has 17 heavy (non-hydrogen) atoms. The molecule has 0 spiro atoms. The van der Waals surface area contributed by atoms with E-state index in [9.17, 15) is 4.79 Å². The molecule has 1 N–H and O–H groups in total. The Morgan fingerprint density at radius 1 is 1.18 bits per heavy atom. The minimum atomic E-state index is -0.901. The van der Waals surface area contributed by atoms with Gasteiger partial charge in [0, 0.05) is 6.08 Å². The maximum absolute atomic E-state index is 10.4. The van der Waals surface area contributed by atoms with Gasteiger partial charge in [0.15, 0.2) is 0 Å². The van der Waals surface area contributed by atoms with Crippen LogP contribution in [0.2, 0.25) is 0 Å². The number of hydrogen-bond acceptors (Lipinski definition) is 1. The molecule has 0 aliphatic carbocycles. The first-order chi connectivity index (χ1) is 8.15. The summed E-state index contributed by atoms with van der Waals surface area (Å²) >= 11 is 0. The highest BCUT2D eigenvalue weighted by molar-refractivity contribution is 5.84. The predicted octanol–water partition coefficient (Wildman–Crippen LogP) is 3.33. The Kier molecular flexibility index (Phi) is 3.24. The third-order valence-corrected chi connectivity index (χ3v) is 2.67. The van der Waals surface area contributed by atoms with Crippen LogP contribution in [0.5, 0.6) is 0 Å². The number of allylic oxidation sites excluding steroid dienone is 1. The van der Waals surface area contributed by atoms with Gasteiger partial charge in [-0.1, -0.05) is 48.0 Å². The summed E-state index contributed by atoms with van der Waals surface area (Å²) in [5.41, 5.74) is 2.37. The van der Waals surface area contributed by atoms with Crippen molar-refractivity contribution < 1.29 is 9.90 Å². The van der Waals surface area contributed by atoms with Crippen LogP contribution >= 0.6 is 0 Å². The van der Waals surface area contributed by atoms with Crippen LogP contribution in [-0.4, -0.2) is 11.1 Å². The zero-order chi connectivity index (χ0) is 12.3. The quantitative estimate of drug-likeness (QED) is 0.815. The van der Waals surface area contributed by atoms with E-state index in [1.165, 1.54) is 22.4 Å². The van der Waals surface area contributed by atoms with Crippen molar-refractivity contribution in [2.24, 2.45) is 0 Å². The highest BCUT2D eigenvalue weighted by atomic mass is 16.4. The molecule has 2 heteroatoms. The molecular weight excluding hydrogens is 212 g/mol. The van der Waals surface area contributed by atoms with E-state index in [1.807, 2.05) is 6.07 Å². The molecule has 0 atom stereocenters. The van der Waals surface area contributed by atoms with E-state index in [1.54, 1.807) is 6.08 Å². The summed E-state index contributed by atoms with van der Waals surface area (Å²) in [6, 6.07) is 12.5. The Morgan fingerprint density at radius 3 is 2.65 bits per heavy atom. The third kappa shape index (κ3) is 2.94. The molecule has 0 amide bonds. The lowest BCUT2D eigenvalue weighted by Gasteiger charge is -2.02. The van der Waals surface area contributed by atoms with Crippen LogP contribution in [0.15, 0.2) is 48.6 Å². The molecule has 0 bridgehead atoms. The van der Waals surface area contributed by atoms with Gasteiger partial charge in [0.1, 0.15) is 0 Å². The van der Waals surface area contributed by atoms with Crippen molar-refractivity contribution in [1.82, 2.24) is 0 Å². The molecule has 0 aliphatic heterocycles. The fourth-order valence-electron chi connectivity index (χ4n) is 1.84. The van der Waals surface area contributed by atoms with Gasteiger partial charge in [-0.3, -0.25) is 0 Å². The van der Waals surface area contributed by atoms with Crippen LogP contribution in [-0.2, 0) is 11.2 Å². The molecule has 86 valence electrons. The number of carbonyl (C=O) groups is 1. The van der Waals surface area contributed by atoms with Crippen LogP contribution in [0.25, 0.3) is 10.8 Å². The van der Waals surface area contributed by atoms with Gasteiger partial charge in [-0.2, -0.15) is 0 Å². The van der Waals surface area contributed by atoms with E-state index in [0.717, 1.165) is 5.56 Å². The summed E-state index contributed by atoms with van der Waals surface area (Å²) in [4.78, 5) is 10.4. The van der Waals surface area contributed by atoms with Crippen molar-refractivity contribution in [3.05, 3.63) is 59.7 Å². The molecule has 0 saturated carbocycles. The summed E-state index contributed by atoms with van der Waals surface area (Å²) in [5.74, 6) is -0.901. The zero-order valence-electron chi connectivity index (χ0n) is 9.68. The van der Waals surface area contributed by atoms with Gasteiger partial charge in [-0.25, -0.2) is 4.79 Å². The van der Waals surface area contributed by atoms with Gasteiger partial charge in [0.25, 0.3) is 0 Å². The highest BCUT2D eigenvalue weighted by Gasteiger charge is 1.96. The van der Waals surface area contributed by atoms with E-state index < -0.39 is 5.97 Å². The van der Waals surface area contributed by atoms with Crippen LogP contribution in [0.1, 0.15) is 11.1 Å². The van der Waals surface area contributed by atoms with Crippen molar-refractivity contribution in [2.75, 3.05) is 0 Å². The SMILES string of the molecule is Cc1ccc2cc(C/C=C/C(=O)O)ccc2c1.